The maximum absolute atomic E-state index is 13.6. The third kappa shape index (κ3) is 5.16. The van der Waals surface area contributed by atoms with Gasteiger partial charge in [-0.15, -0.1) is 0 Å². The molecule has 0 aliphatic carbocycles. The van der Waals surface area contributed by atoms with E-state index in [9.17, 15) is 9.18 Å². The molecular formula is C26H27FN6O2. The highest BCUT2D eigenvalue weighted by Crippen LogP contribution is 2.26. The summed E-state index contributed by atoms with van der Waals surface area (Å²) >= 11 is 0. The summed E-state index contributed by atoms with van der Waals surface area (Å²) in [6.07, 6.45) is 4.23. The number of hydrogen-bond donors (Lipinski definition) is 3. The van der Waals surface area contributed by atoms with Crippen LogP contribution in [0.15, 0.2) is 54.9 Å². The molecule has 0 saturated carbocycles. The largest absolute Gasteiger partial charge is 0.380 e. The molecule has 1 saturated heterocycles. The lowest BCUT2D eigenvalue weighted by atomic mass is 10.1. The molecule has 0 bridgehead atoms. The fourth-order valence-corrected chi connectivity index (χ4v) is 4.39. The van der Waals surface area contributed by atoms with Crippen molar-refractivity contribution in [1.82, 2.24) is 25.2 Å². The van der Waals surface area contributed by atoms with E-state index >= 15 is 0 Å². The minimum absolute atomic E-state index is 0.0914. The second kappa shape index (κ2) is 9.81. The van der Waals surface area contributed by atoms with Crippen LogP contribution in [0, 0.1) is 5.82 Å². The summed E-state index contributed by atoms with van der Waals surface area (Å²) in [6, 6.07) is 12.1. The average Bonchev–Trinajstić information content (AvgIpc) is 3.46. The van der Waals surface area contributed by atoms with Gasteiger partial charge in [0.1, 0.15) is 17.3 Å². The molecule has 4 aromatic rings. The Balaban J connectivity index is 1.36. The number of anilines is 2. The summed E-state index contributed by atoms with van der Waals surface area (Å²) < 4.78 is 18.9. The number of aromatic amines is 1. The predicted molar refractivity (Wildman–Crippen MR) is 133 cm³/mol. The molecule has 9 heteroatoms. The molecule has 3 N–H and O–H groups in total. The van der Waals surface area contributed by atoms with E-state index in [4.69, 9.17) is 4.74 Å². The number of benzene rings is 2. The topological polar surface area (TPSA) is 95.2 Å². The molecule has 1 aliphatic rings. The summed E-state index contributed by atoms with van der Waals surface area (Å²) in [6.45, 7) is 2.17. The lowest BCUT2D eigenvalue weighted by molar-refractivity contribution is 0.0938. The second-order valence-corrected chi connectivity index (χ2v) is 8.86. The van der Waals surface area contributed by atoms with E-state index < -0.39 is 0 Å². The number of nitrogens with one attached hydrogen (secondary N) is 3. The van der Waals surface area contributed by atoms with Gasteiger partial charge < -0.3 is 25.3 Å². The summed E-state index contributed by atoms with van der Waals surface area (Å²) in [5.74, 6) is 0.157. The normalized spacial score (nSPS) is 16.0. The van der Waals surface area contributed by atoms with Gasteiger partial charge >= 0.3 is 0 Å². The molecule has 35 heavy (non-hydrogen) atoms. The minimum Gasteiger partial charge on any atom is -0.380 e. The van der Waals surface area contributed by atoms with E-state index in [-0.39, 0.29) is 17.8 Å². The fourth-order valence-electron chi connectivity index (χ4n) is 4.39. The van der Waals surface area contributed by atoms with Gasteiger partial charge in [-0.25, -0.2) is 9.37 Å². The zero-order valence-electron chi connectivity index (χ0n) is 19.6. The Morgan fingerprint density at radius 2 is 2.11 bits per heavy atom. The molecule has 1 amide bonds. The standard InChI is InChI=1S/C26H27FN6O2/c1-33-8-7-20(14-33)29-26(34)16-3-5-22(18(9-16)15-35-2)31-25-13-28-12-24(32-25)23-11-17-10-19(27)4-6-21(17)30-23/h3-6,9-13,20,30H,7-8,14-15H2,1-2H3,(H,29,34)(H,31,32). The number of carbonyl (C=O) groups excluding carboxylic acids is 1. The summed E-state index contributed by atoms with van der Waals surface area (Å²) in [7, 11) is 3.67. The molecule has 3 heterocycles. The zero-order valence-corrected chi connectivity index (χ0v) is 19.6. The lowest BCUT2D eigenvalue weighted by Gasteiger charge is -2.15. The third-order valence-corrected chi connectivity index (χ3v) is 6.15. The maximum Gasteiger partial charge on any atom is 0.251 e. The number of halogens is 1. The van der Waals surface area contributed by atoms with E-state index in [2.05, 4.69) is 37.5 Å². The zero-order chi connectivity index (χ0) is 24.4. The van der Waals surface area contributed by atoms with E-state index in [0.717, 1.165) is 47.4 Å². The Hall–Kier alpha value is -3.82. The van der Waals surface area contributed by atoms with Crippen molar-refractivity contribution >= 4 is 28.3 Å². The number of nitrogens with zero attached hydrogens (tertiary/aromatic N) is 3. The van der Waals surface area contributed by atoms with Crippen molar-refractivity contribution in [3.8, 4) is 11.4 Å². The Labute approximate surface area is 202 Å². The molecule has 1 atom stereocenters. The predicted octanol–water partition coefficient (Wildman–Crippen LogP) is 4.09. The summed E-state index contributed by atoms with van der Waals surface area (Å²) in [5.41, 5.74) is 4.37. The van der Waals surface area contributed by atoms with Crippen molar-refractivity contribution in [3.05, 3.63) is 71.8 Å². The minimum atomic E-state index is -0.289. The fraction of sp³-hybridized carbons (Fsp3) is 0.269. The Bertz CT molecular complexity index is 1370. The summed E-state index contributed by atoms with van der Waals surface area (Å²) in [5, 5.41) is 7.17. The maximum atomic E-state index is 13.6. The Kier molecular flexibility index (Phi) is 6.43. The number of aromatic nitrogens is 3. The SMILES string of the molecule is COCc1cc(C(=O)NC2CCN(C)C2)ccc1Nc1cncc(-c2cc3cc(F)ccc3[nH]2)n1. The van der Waals surface area contributed by atoms with Crippen molar-refractivity contribution in [2.24, 2.45) is 0 Å². The number of likely N-dealkylation sites (tertiary alicyclic amines) is 1. The molecule has 2 aromatic heterocycles. The Morgan fingerprint density at radius 1 is 1.23 bits per heavy atom. The van der Waals surface area contributed by atoms with Gasteiger partial charge in [-0.3, -0.25) is 9.78 Å². The smallest absolute Gasteiger partial charge is 0.251 e. The number of likely N-dealkylation sites (N-methyl/N-ethyl adjacent to an activating group) is 1. The van der Waals surface area contributed by atoms with Gasteiger partial charge in [0.05, 0.1) is 24.7 Å². The van der Waals surface area contributed by atoms with E-state index in [0.29, 0.717) is 23.7 Å². The summed E-state index contributed by atoms with van der Waals surface area (Å²) in [4.78, 5) is 27.2. The van der Waals surface area contributed by atoms with Crippen LogP contribution in [-0.2, 0) is 11.3 Å². The monoisotopic (exact) mass is 474 g/mol. The van der Waals surface area contributed by atoms with Gasteiger partial charge in [0.25, 0.3) is 5.91 Å². The molecular weight excluding hydrogens is 447 g/mol. The first-order valence-electron chi connectivity index (χ1n) is 11.5. The highest BCUT2D eigenvalue weighted by atomic mass is 19.1. The number of ether oxygens (including phenoxy) is 1. The number of amides is 1. The molecule has 1 fully saturated rings. The van der Waals surface area contributed by atoms with Gasteiger partial charge in [0.2, 0.25) is 0 Å². The number of H-pyrrole nitrogens is 1. The van der Waals surface area contributed by atoms with Crippen LogP contribution in [0.25, 0.3) is 22.3 Å². The van der Waals surface area contributed by atoms with Crippen LogP contribution in [0.5, 0.6) is 0 Å². The van der Waals surface area contributed by atoms with Gasteiger partial charge in [-0.05, 0) is 62.5 Å². The number of fused-ring (bicyclic) bond motifs is 1. The quantitative estimate of drug-likeness (QED) is 0.374. The van der Waals surface area contributed by atoms with Crippen molar-refractivity contribution in [3.63, 3.8) is 0 Å². The van der Waals surface area contributed by atoms with Crippen LogP contribution in [0.2, 0.25) is 0 Å². The van der Waals surface area contributed by atoms with Crippen LogP contribution >= 0.6 is 0 Å². The number of hydrogen-bond acceptors (Lipinski definition) is 6. The highest BCUT2D eigenvalue weighted by molar-refractivity contribution is 5.95. The third-order valence-electron chi connectivity index (χ3n) is 6.15. The van der Waals surface area contributed by atoms with Gasteiger partial charge in [-0.1, -0.05) is 0 Å². The molecule has 5 rings (SSSR count). The van der Waals surface area contributed by atoms with Crippen LogP contribution in [-0.4, -0.2) is 59.0 Å². The first-order valence-corrected chi connectivity index (χ1v) is 11.5. The molecule has 1 unspecified atom stereocenters. The van der Waals surface area contributed by atoms with Gasteiger partial charge in [-0.2, -0.15) is 0 Å². The van der Waals surface area contributed by atoms with E-state index in [1.807, 2.05) is 18.2 Å². The van der Waals surface area contributed by atoms with E-state index in [1.54, 1.807) is 31.6 Å². The molecule has 8 nitrogen and oxygen atoms in total. The first-order chi connectivity index (χ1) is 17.0. The highest BCUT2D eigenvalue weighted by Gasteiger charge is 2.22. The van der Waals surface area contributed by atoms with Crippen molar-refractivity contribution < 1.29 is 13.9 Å². The van der Waals surface area contributed by atoms with Crippen LogP contribution in [0.3, 0.4) is 0 Å². The molecule has 2 aromatic carbocycles. The van der Waals surface area contributed by atoms with Crippen molar-refractivity contribution in [1.29, 1.82) is 0 Å². The second-order valence-electron chi connectivity index (χ2n) is 8.86. The van der Waals surface area contributed by atoms with Crippen molar-refractivity contribution in [2.75, 3.05) is 32.6 Å². The molecule has 180 valence electrons. The number of methoxy groups -OCH3 is 1. The molecule has 0 spiro atoms. The molecule has 0 radical (unpaired) electrons. The number of carbonyl (C=O) groups is 1. The van der Waals surface area contributed by atoms with Crippen molar-refractivity contribution in [2.45, 2.75) is 19.1 Å². The van der Waals surface area contributed by atoms with Gasteiger partial charge in [0.15, 0.2) is 0 Å². The number of rotatable bonds is 7. The van der Waals surface area contributed by atoms with E-state index in [1.165, 1.54) is 12.1 Å². The Morgan fingerprint density at radius 3 is 2.91 bits per heavy atom. The lowest BCUT2D eigenvalue weighted by Crippen LogP contribution is -2.36. The van der Waals surface area contributed by atoms with Crippen LogP contribution in [0.1, 0.15) is 22.3 Å². The van der Waals surface area contributed by atoms with Gasteiger partial charge in [0, 0.05) is 47.4 Å². The van der Waals surface area contributed by atoms with Crippen LogP contribution < -0.4 is 10.6 Å². The molecule has 1 aliphatic heterocycles. The average molecular weight is 475 g/mol. The first kappa shape index (κ1) is 22.9. The van der Waals surface area contributed by atoms with Crippen LogP contribution in [0.4, 0.5) is 15.9 Å².